The first kappa shape index (κ1) is 37.1. The maximum absolute atomic E-state index is 12.5. The van der Waals surface area contributed by atoms with Crippen molar-refractivity contribution in [3.05, 3.63) is 94.2 Å². The lowest BCUT2D eigenvalue weighted by Crippen LogP contribution is -2.45. The Morgan fingerprint density at radius 2 is 1.56 bits per heavy atom. The van der Waals surface area contributed by atoms with Gasteiger partial charge in [0.05, 0.1) is 50.3 Å². The van der Waals surface area contributed by atoms with Crippen LogP contribution in [0.5, 0.6) is 23.0 Å². The van der Waals surface area contributed by atoms with Crippen molar-refractivity contribution in [3.8, 4) is 23.0 Å². The second-order valence-electron chi connectivity index (χ2n) is 10.8. The van der Waals surface area contributed by atoms with E-state index < -0.39 is 24.3 Å². The van der Waals surface area contributed by atoms with E-state index in [-0.39, 0.29) is 24.8 Å². The molecule has 0 saturated carbocycles. The zero-order valence-corrected chi connectivity index (χ0v) is 28.6. The lowest BCUT2D eigenvalue weighted by molar-refractivity contribution is -0.136. The highest BCUT2D eigenvalue weighted by atomic mass is 16.5. The molecule has 50 heavy (non-hydrogen) atoms. The Kier molecular flexibility index (Phi) is 13.4. The van der Waals surface area contributed by atoms with E-state index in [4.69, 9.17) is 28.4 Å². The Morgan fingerprint density at radius 3 is 2.24 bits per heavy atom. The predicted octanol–water partition coefficient (Wildman–Crippen LogP) is 4.36. The number of hydrogen-bond donors (Lipinski definition) is 4. The van der Waals surface area contributed by atoms with E-state index in [9.17, 15) is 19.5 Å². The third-order valence-electron chi connectivity index (χ3n) is 7.24. The summed E-state index contributed by atoms with van der Waals surface area (Å²) in [6.45, 7) is 8.18. The van der Waals surface area contributed by atoms with Gasteiger partial charge in [0.2, 0.25) is 0 Å². The quantitative estimate of drug-likeness (QED) is 0.0686. The topological polar surface area (TPSA) is 175 Å². The number of allylic oxidation sites excluding steroid dienone is 1. The normalized spacial score (nSPS) is 14.7. The number of aliphatic hydroxyl groups is 1. The number of hydrogen-bond acceptors (Lipinski definition) is 12. The van der Waals surface area contributed by atoms with Crippen molar-refractivity contribution in [2.45, 2.75) is 46.6 Å². The number of aliphatic hydroxyl groups excluding tert-OH is 1. The Hall–Kier alpha value is -5.76. The van der Waals surface area contributed by atoms with E-state index in [1.807, 2.05) is 6.92 Å². The standard InChI is InChI=1S/C36H42N4O10/c1-6-46-29-17-24(11-15-27(29)49-20-23-9-12-25(13-10-23)34(42)48-8-3)19-37-40-31(41)21-50-28-16-14-26(18-30(28)47-7-2)33-32(35(43)45-5)22(4)38-36(44)39-33/h9-19,31,33,40-41H,6-8,20-21H2,1-5H3,(H2,38,39,44)/b37-19+/t31-,33-/m1/s1. The van der Waals surface area contributed by atoms with Gasteiger partial charge in [-0.2, -0.15) is 5.10 Å². The molecule has 1 heterocycles. The molecule has 3 aromatic rings. The van der Waals surface area contributed by atoms with E-state index >= 15 is 0 Å². The van der Waals surface area contributed by atoms with Crippen molar-refractivity contribution >= 4 is 24.2 Å². The zero-order chi connectivity index (χ0) is 36.0. The number of ether oxygens (including phenoxy) is 6. The SMILES string of the molecule is CCOC(=O)c1ccc(COc2ccc(/C=N/N[C@H](O)COc3ccc([C@H]4NC(=O)NC(C)=C4C(=O)OC)cc3OCC)cc2OCC)cc1. The molecule has 0 aromatic heterocycles. The summed E-state index contributed by atoms with van der Waals surface area (Å²) in [5.41, 5.74) is 5.87. The number of urea groups is 1. The average Bonchev–Trinajstić information content (AvgIpc) is 3.10. The maximum Gasteiger partial charge on any atom is 0.338 e. The number of hydrazone groups is 1. The fourth-order valence-electron chi connectivity index (χ4n) is 4.93. The molecule has 4 rings (SSSR count). The highest BCUT2D eigenvalue weighted by Gasteiger charge is 2.32. The van der Waals surface area contributed by atoms with Gasteiger partial charge in [-0.25, -0.2) is 14.4 Å². The van der Waals surface area contributed by atoms with Crippen LogP contribution in [0.4, 0.5) is 4.79 Å². The summed E-state index contributed by atoms with van der Waals surface area (Å²) in [5.74, 6) is 0.795. The van der Waals surface area contributed by atoms with E-state index in [2.05, 4.69) is 21.2 Å². The van der Waals surface area contributed by atoms with Crippen LogP contribution in [-0.2, 0) is 20.9 Å². The fourth-order valence-corrected chi connectivity index (χ4v) is 4.93. The monoisotopic (exact) mass is 690 g/mol. The number of amides is 2. The number of nitrogens with one attached hydrogen (secondary N) is 3. The first-order valence-corrected chi connectivity index (χ1v) is 16.1. The Balaban J connectivity index is 1.35. The van der Waals surface area contributed by atoms with Crippen molar-refractivity contribution in [3.63, 3.8) is 0 Å². The second-order valence-corrected chi connectivity index (χ2v) is 10.8. The number of carbonyl (C=O) groups excluding carboxylic acids is 3. The minimum absolute atomic E-state index is 0.176. The molecule has 14 nitrogen and oxygen atoms in total. The minimum atomic E-state index is -1.18. The number of methoxy groups -OCH3 is 1. The lowest BCUT2D eigenvalue weighted by atomic mass is 9.95. The van der Waals surface area contributed by atoms with Gasteiger partial charge in [0.1, 0.15) is 13.2 Å². The first-order chi connectivity index (χ1) is 24.2. The zero-order valence-electron chi connectivity index (χ0n) is 28.6. The second kappa shape index (κ2) is 18.1. The predicted molar refractivity (Wildman–Crippen MR) is 183 cm³/mol. The fraction of sp³-hybridized carbons (Fsp3) is 0.333. The van der Waals surface area contributed by atoms with E-state index in [1.165, 1.54) is 13.3 Å². The number of rotatable bonds is 17. The van der Waals surface area contributed by atoms with Crippen LogP contribution in [0.2, 0.25) is 0 Å². The molecule has 1 aliphatic heterocycles. The van der Waals surface area contributed by atoms with Crippen LogP contribution < -0.4 is 35.0 Å². The smallest absolute Gasteiger partial charge is 0.338 e. The summed E-state index contributed by atoms with van der Waals surface area (Å²) in [4.78, 5) is 36.6. The van der Waals surface area contributed by atoms with Gasteiger partial charge in [0.15, 0.2) is 29.2 Å². The Labute approximate surface area is 290 Å². The minimum Gasteiger partial charge on any atom is -0.490 e. The number of nitrogens with zero attached hydrogens (tertiary/aromatic N) is 1. The molecule has 3 aromatic carbocycles. The van der Waals surface area contributed by atoms with Gasteiger partial charge in [-0.3, -0.25) is 5.43 Å². The molecule has 0 fully saturated rings. The van der Waals surface area contributed by atoms with Crippen molar-refractivity contribution in [2.24, 2.45) is 5.10 Å². The number of carbonyl (C=O) groups is 3. The molecule has 0 spiro atoms. The van der Waals surface area contributed by atoms with Gasteiger partial charge in [0.25, 0.3) is 0 Å². The Bertz CT molecular complexity index is 1710. The van der Waals surface area contributed by atoms with Crippen LogP contribution in [0.25, 0.3) is 0 Å². The Morgan fingerprint density at radius 1 is 0.880 bits per heavy atom. The van der Waals surface area contributed by atoms with Gasteiger partial charge in [-0.15, -0.1) is 0 Å². The summed E-state index contributed by atoms with van der Waals surface area (Å²) in [7, 11) is 1.27. The molecule has 4 N–H and O–H groups in total. The van der Waals surface area contributed by atoms with E-state index in [1.54, 1.807) is 81.4 Å². The molecule has 1 aliphatic rings. The lowest BCUT2D eigenvalue weighted by Gasteiger charge is -2.28. The molecule has 0 bridgehead atoms. The molecule has 14 heteroatoms. The van der Waals surface area contributed by atoms with Crippen LogP contribution in [0, 0.1) is 0 Å². The van der Waals surface area contributed by atoms with E-state index in [0.29, 0.717) is 65.2 Å². The first-order valence-electron chi connectivity index (χ1n) is 16.1. The van der Waals surface area contributed by atoms with Gasteiger partial charge < -0.3 is 44.2 Å². The van der Waals surface area contributed by atoms with Gasteiger partial charge in [0, 0.05) is 5.70 Å². The maximum atomic E-state index is 12.5. The van der Waals surface area contributed by atoms with Crippen molar-refractivity contribution in [1.82, 2.24) is 16.1 Å². The van der Waals surface area contributed by atoms with Crippen LogP contribution in [-0.4, -0.2) is 69.1 Å². The number of benzene rings is 3. The summed E-state index contributed by atoms with van der Waals surface area (Å²) in [5, 5.41) is 20.0. The average molecular weight is 691 g/mol. The molecule has 266 valence electrons. The molecule has 2 atom stereocenters. The summed E-state index contributed by atoms with van der Waals surface area (Å²) >= 11 is 0. The molecule has 0 unspecified atom stereocenters. The molecular formula is C36H42N4O10. The summed E-state index contributed by atoms with van der Waals surface area (Å²) in [6.07, 6.45) is 0.344. The highest BCUT2D eigenvalue weighted by molar-refractivity contribution is 5.95. The highest BCUT2D eigenvalue weighted by Crippen LogP contribution is 2.35. The van der Waals surface area contributed by atoms with Crippen molar-refractivity contribution in [1.29, 1.82) is 0 Å². The van der Waals surface area contributed by atoms with Crippen LogP contribution >= 0.6 is 0 Å². The van der Waals surface area contributed by atoms with Gasteiger partial charge >= 0.3 is 18.0 Å². The van der Waals surface area contributed by atoms with Crippen molar-refractivity contribution in [2.75, 3.05) is 33.5 Å². The third kappa shape index (κ3) is 9.89. The summed E-state index contributed by atoms with van der Waals surface area (Å²) < 4.78 is 33.3. The van der Waals surface area contributed by atoms with Gasteiger partial charge in [-0.05, 0) is 86.8 Å². The van der Waals surface area contributed by atoms with Crippen molar-refractivity contribution < 1.29 is 47.9 Å². The molecule has 0 aliphatic carbocycles. The summed E-state index contributed by atoms with van der Waals surface area (Å²) in [6, 6.07) is 16.1. The van der Waals surface area contributed by atoms with E-state index in [0.717, 1.165) is 5.56 Å². The van der Waals surface area contributed by atoms with Crippen LogP contribution in [0.3, 0.4) is 0 Å². The third-order valence-corrected chi connectivity index (χ3v) is 7.24. The largest absolute Gasteiger partial charge is 0.490 e. The van der Waals surface area contributed by atoms with Crippen LogP contribution in [0.15, 0.2) is 77.0 Å². The molecule has 0 radical (unpaired) electrons. The number of esters is 2. The molecular weight excluding hydrogens is 648 g/mol. The van der Waals surface area contributed by atoms with Gasteiger partial charge in [-0.1, -0.05) is 18.2 Å². The molecule has 0 saturated heterocycles. The molecule has 2 amide bonds. The van der Waals surface area contributed by atoms with Crippen LogP contribution in [0.1, 0.15) is 60.8 Å².